The van der Waals surface area contributed by atoms with Crippen LogP contribution in [0.5, 0.6) is 0 Å². The smallest absolute Gasteiger partial charge is 0.249 e. The van der Waals surface area contributed by atoms with Gasteiger partial charge in [-0.15, -0.1) is 0 Å². The monoisotopic (exact) mass is 276 g/mol. The van der Waals surface area contributed by atoms with Crippen LogP contribution in [0.4, 0.5) is 11.8 Å². The van der Waals surface area contributed by atoms with Crippen LogP contribution in [0.25, 0.3) is 11.0 Å². The number of fused-ring (bicyclic) bond motifs is 1. The van der Waals surface area contributed by atoms with E-state index in [4.69, 9.17) is 5.84 Å². The molecule has 2 aromatic heterocycles. The summed E-state index contributed by atoms with van der Waals surface area (Å²) in [5.41, 5.74) is 2.81. The highest BCUT2D eigenvalue weighted by atomic mass is 16.2. The number of imide groups is 1. The number of rotatable bonds is 2. The summed E-state index contributed by atoms with van der Waals surface area (Å²) in [7, 11) is 0. The molecule has 1 fully saturated rings. The van der Waals surface area contributed by atoms with Crippen molar-refractivity contribution in [3.8, 4) is 0 Å². The normalized spacial score (nSPS) is 19.3. The van der Waals surface area contributed by atoms with E-state index in [1.165, 1.54) is 6.20 Å². The fraction of sp³-hybridized carbons (Fsp3) is 0.300. The van der Waals surface area contributed by atoms with E-state index in [9.17, 15) is 9.59 Å². The van der Waals surface area contributed by atoms with E-state index in [0.29, 0.717) is 16.9 Å². The lowest BCUT2D eigenvalue weighted by atomic mass is 10.2. The standard InChI is InChI=1S/C10H12N8O2/c1-4-9(20)13-6(19)3-18(4)8-5-2-12-17-7(5)14-10(15-8)16-11/h2,4H,3,11H2,1H3,(H,13,19,20)(H2,12,14,15,16,17). The molecule has 10 nitrogen and oxygen atoms in total. The van der Waals surface area contributed by atoms with Gasteiger partial charge < -0.3 is 4.90 Å². The number of nitrogens with one attached hydrogen (secondary N) is 3. The Labute approximate surface area is 112 Å². The number of nitrogens with zero attached hydrogens (tertiary/aromatic N) is 4. The Bertz CT molecular complexity index is 696. The third-order valence-electron chi connectivity index (χ3n) is 3.11. The quantitative estimate of drug-likeness (QED) is 0.294. The number of H-pyrrole nitrogens is 1. The number of carbonyl (C=O) groups is 2. The number of nitrogens with two attached hydrogens (primary N) is 1. The van der Waals surface area contributed by atoms with Crippen molar-refractivity contribution in [2.24, 2.45) is 5.84 Å². The molecule has 1 atom stereocenters. The molecule has 0 radical (unpaired) electrons. The minimum Gasteiger partial charge on any atom is -0.335 e. The fourth-order valence-electron chi connectivity index (χ4n) is 2.08. The first kappa shape index (κ1) is 12.3. The second-order valence-electron chi connectivity index (χ2n) is 4.36. The van der Waals surface area contributed by atoms with Crippen LogP contribution in [0.2, 0.25) is 0 Å². The zero-order valence-electron chi connectivity index (χ0n) is 10.5. The second-order valence-corrected chi connectivity index (χ2v) is 4.36. The number of carbonyl (C=O) groups excluding carboxylic acids is 2. The molecule has 10 heteroatoms. The average Bonchev–Trinajstić information content (AvgIpc) is 2.90. The Morgan fingerprint density at radius 3 is 3.00 bits per heavy atom. The van der Waals surface area contributed by atoms with Gasteiger partial charge in [0.05, 0.1) is 18.1 Å². The highest BCUT2D eigenvalue weighted by molar-refractivity contribution is 6.05. The summed E-state index contributed by atoms with van der Waals surface area (Å²) in [5, 5.41) is 9.47. The van der Waals surface area contributed by atoms with E-state index in [2.05, 4.69) is 30.9 Å². The molecule has 3 heterocycles. The molecule has 1 unspecified atom stereocenters. The van der Waals surface area contributed by atoms with Crippen LogP contribution < -0.4 is 21.5 Å². The summed E-state index contributed by atoms with van der Waals surface area (Å²) in [5.74, 6) is 5.16. The molecule has 1 aliphatic heterocycles. The average molecular weight is 276 g/mol. The van der Waals surface area contributed by atoms with E-state index >= 15 is 0 Å². The molecule has 0 aromatic carbocycles. The number of aromatic amines is 1. The van der Waals surface area contributed by atoms with Gasteiger partial charge in [-0.05, 0) is 6.92 Å². The third-order valence-corrected chi connectivity index (χ3v) is 3.11. The predicted octanol–water partition coefficient (Wildman–Crippen LogP) is -1.51. The van der Waals surface area contributed by atoms with Crippen LogP contribution in [-0.2, 0) is 9.59 Å². The third kappa shape index (κ3) is 1.82. The molecule has 104 valence electrons. The molecule has 1 aliphatic rings. The van der Waals surface area contributed by atoms with Crippen molar-refractivity contribution in [2.75, 3.05) is 16.9 Å². The van der Waals surface area contributed by atoms with Crippen molar-refractivity contribution in [1.82, 2.24) is 25.5 Å². The van der Waals surface area contributed by atoms with Gasteiger partial charge in [-0.1, -0.05) is 0 Å². The van der Waals surface area contributed by atoms with Crippen LogP contribution in [0, 0.1) is 0 Å². The molecule has 5 N–H and O–H groups in total. The summed E-state index contributed by atoms with van der Waals surface area (Å²) in [6.07, 6.45) is 1.54. The van der Waals surface area contributed by atoms with Crippen molar-refractivity contribution >= 4 is 34.6 Å². The summed E-state index contributed by atoms with van der Waals surface area (Å²) in [4.78, 5) is 33.2. The first-order valence-electron chi connectivity index (χ1n) is 5.88. The van der Waals surface area contributed by atoms with E-state index in [-0.39, 0.29) is 24.3 Å². The van der Waals surface area contributed by atoms with Gasteiger partial charge in [0.1, 0.15) is 11.9 Å². The van der Waals surface area contributed by atoms with Gasteiger partial charge in [0.25, 0.3) is 0 Å². The largest absolute Gasteiger partial charge is 0.335 e. The van der Waals surface area contributed by atoms with Crippen LogP contribution in [0.1, 0.15) is 6.92 Å². The predicted molar refractivity (Wildman–Crippen MR) is 69.5 cm³/mol. The molecule has 0 saturated carbocycles. The van der Waals surface area contributed by atoms with Gasteiger partial charge in [-0.2, -0.15) is 15.1 Å². The van der Waals surface area contributed by atoms with Crippen molar-refractivity contribution in [1.29, 1.82) is 0 Å². The Morgan fingerprint density at radius 2 is 2.25 bits per heavy atom. The highest BCUT2D eigenvalue weighted by Gasteiger charge is 2.32. The molecule has 20 heavy (non-hydrogen) atoms. The van der Waals surface area contributed by atoms with Crippen LogP contribution in [0.3, 0.4) is 0 Å². The van der Waals surface area contributed by atoms with Gasteiger partial charge in [0, 0.05) is 0 Å². The van der Waals surface area contributed by atoms with Crippen LogP contribution >= 0.6 is 0 Å². The zero-order valence-corrected chi connectivity index (χ0v) is 10.5. The molecule has 0 aliphatic carbocycles. The summed E-state index contributed by atoms with van der Waals surface area (Å²) >= 11 is 0. The number of piperazine rings is 1. The van der Waals surface area contributed by atoms with E-state index in [1.807, 2.05) is 0 Å². The van der Waals surface area contributed by atoms with E-state index in [0.717, 1.165) is 0 Å². The number of anilines is 2. The van der Waals surface area contributed by atoms with E-state index < -0.39 is 6.04 Å². The van der Waals surface area contributed by atoms with Crippen LogP contribution in [-0.4, -0.2) is 44.6 Å². The molecule has 0 bridgehead atoms. The Kier molecular flexibility index (Phi) is 2.71. The number of hydrogen-bond donors (Lipinski definition) is 4. The molecular formula is C10H12N8O2. The minimum atomic E-state index is -0.536. The lowest BCUT2D eigenvalue weighted by molar-refractivity contribution is -0.132. The fourth-order valence-corrected chi connectivity index (χ4v) is 2.08. The molecule has 2 amide bonds. The Balaban J connectivity index is 2.14. The Hall–Kier alpha value is -2.75. The second kappa shape index (κ2) is 4.42. The van der Waals surface area contributed by atoms with Gasteiger partial charge in [-0.25, -0.2) is 5.84 Å². The molecule has 0 spiro atoms. The van der Waals surface area contributed by atoms with Gasteiger partial charge in [0.2, 0.25) is 17.8 Å². The summed E-state index contributed by atoms with van der Waals surface area (Å²) < 4.78 is 0. The molecule has 3 rings (SSSR count). The van der Waals surface area contributed by atoms with Crippen molar-refractivity contribution in [2.45, 2.75) is 13.0 Å². The molecular weight excluding hydrogens is 264 g/mol. The highest BCUT2D eigenvalue weighted by Crippen LogP contribution is 2.26. The number of hydrazine groups is 1. The van der Waals surface area contributed by atoms with Gasteiger partial charge in [0.15, 0.2) is 5.65 Å². The number of amides is 2. The summed E-state index contributed by atoms with van der Waals surface area (Å²) in [6.45, 7) is 1.71. The maximum absolute atomic E-state index is 11.7. The first-order chi connectivity index (χ1) is 9.60. The van der Waals surface area contributed by atoms with Crippen LogP contribution in [0.15, 0.2) is 6.20 Å². The maximum atomic E-state index is 11.7. The van der Waals surface area contributed by atoms with Crippen molar-refractivity contribution in [3.63, 3.8) is 0 Å². The first-order valence-corrected chi connectivity index (χ1v) is 5.88. The number of nitrogen functional groups attached to an aromatic ring is 1. The topological polar surface area (TPSA) is 142 Å². The lowest BCUT2D eigenvalue weighted by Crippen LogP contribution is -2.57. The maximum Gasteiger partial charge on any atom is 0.249 e. The zero-order chi connectivity index (χ0) is 14.3. The summed E-state index contributed by atoms with van der Waals surface area (Å²) in [6, 6.07) is -0.536. The molecule has 1 saturated heterocycles. The van der Waals surface area contributed by atoms with Crippen molar-refractivity contribution < 1.29 is 9.59 Å². The SMILES string of the molecule is CC1C(=O)NC(=O)CN1c1nc(NN)nc2[nH]ncc12. The molecule has 2 aromatic rings. The Morgan fingerprint density at radius 1 is 1.45 bits per heavy atom. The van der Waals surface area contributed by atoms with Gasteiger partial charge in [-0.3, -0.25) is 25.4 Å². The minimum absolute atomic E-state index is 0.0220. The number of aromatic nitrogens is 4. The van der Waals surface area contributed by atoms with E-state index in [1.54, 1.807) is 11.8 Å². The number of hydrogen-bond acceptors (Lipinski definition) is 8. The lowest BCUT2D eigenvalue weighted by Gasteiger charge is -2.32. The van der Waals surface area contributed by atoms with Gasteiger partial charge >= 0.3 is 0 Å². The van der Waals surface area contributed by atoms with Crippen molar-refractivity contribution in [3.05, 3.63) is 6.20 Å².